The van der Waals surface area contributed by atoms with Gasteiger partial charge in [0.2, 0.25) is 5.95 Å². The zero-order valence-electron chi connectivity index (χ0n) is 20.5. The second-order valence-corrected chi connectivity index (χ2v) is 8.60. The van der Waals surface area contributed by atoms with E-state index < -0.39 is 18.1 Å². The molecule has 0 saturated heterocycles. The van der Waals surface area contributed by atoms with Crippen LogP contribution in [0.1, 0.15) is 39.2 Å². The van der Waals surface area contributed by atoms with Crippen LogP contribution in [-0.2, 0) is 4.74 Å². The predicted octanol–water partition coefficient (Wildman–Crippen LogP) is 4.64. The molecule has 6 rings (SSSR count). The van der Waals surface area contributed by atoms with Gasteiger partial charge in [0.1, 0.15) is 35.7 Å². The summed E-state index contributed by atoms with van der Waals surface area (Å²) in [4.78, 5) is 16.5. The number of ether oxygens (including phenoxy) is 4. The zero-order valence-corrected chi connectivity index (χ0v) is 20.5. The lowest BCUT2D eigenvalue weighted by atomic mass is 9.84. The molecule has 3 aromatic carbocycles. The van der Waals surface area contributed by atoms with Crippen molar-refractivity contribution in [1.29, 1.82) is 0 Å². The Morgan fingerprint density at radius 1 is 1.00 bits per heavy atom. The van der Waals surface area contributed by atoms with Crippen LogP contribution in [0, 0.1) is 0 Å². The van der Waals surface area contributed by atoms with Gasteiger partial charge in [-0.15, -0.1) is 0 Å². The lowest BCUT2D eigenvalue weighted by molar-refractivity contribution is 0.0600. The molecule has 2 aliphatic rings. The molecule has 2 aliphatic heterocycles. The highest BCUT2D eigenvalue weighted by Crippen LogP contribution is 2.52. The maximum absolute atomic E-state index is 12.0. The summed E-state index contributed by atoms with van der Waals surface area (Å²) in [5.41, 5.74) is 4.97. The molecule has 1 N–H and O–H groups in total. The van der Waals surface area contributed by atoms with Crippen molar-refractivity contribution in [1.82, 2.24) is 14.8 Å². The first kappa shape index (κ1) is 22.7. The lowest BCUT2D eigenvalue weighted by Gasteiger charge is -2.39. The Labute approximate surface area is 213 Å². The number of aromatic nitrogens is 3. The van der Waals surface area contributed by atoms with Gasteiger partial charge >= 0.3 is 5.97 Å². The number of carbonyl (C=O) groups excluding carboxylic acids is 1. The van der Waals surface area contributed by atoms with Crippen LogP contribution < -0.4 is 19.5 Å². The largest absolute Gasteiger partial charge is 0.497 e. The minimum atomic E-state index is -0.488. The number of nitrogens with zero attached hydrogens (tertiary/aromatic N) is 3. The van der Waals surface area contributed by atoms with Crippen LogP contribution in [0.4, 0.5) is 5.95 Å². The van der Waals surface area contributed by atoms with E-state index >= 15 is 0 Å². The number of benzene rings is 3. The standard InChI is InChI=1S/C28H24N4O5/c1-34-18-12-13-20(22(14-18)35-2)25-23-24(31-28-29-15-30-32(25)28)19-6-4-5-7-21(19)37-26(23)16-8-10-17(11-9-16)27(33)36-3/h4-15,25-26H,1-3H3,(H,29,30,31)/t25-,26-/m0/s1. The second-order valence-electron chi connectivity index (χ2n) is 8.60. The van der Waals surface area contributed by atoms with Gasteiger partial charge in [0.25, 0.3) is 0 Å². The van der Waals surface area contributed by atoms with E-state index in [4.69, 9.17) is 18.9 Å². The van der Waals surface area contributed by atoms with Crippen molar-refractivity contribution >= 4 is 17.6 Å². The summed E-state index contributed by atoms with van der Waals surface area (Å²) in [5, 5.41) is 8.04. The van der Waals surface area contributed by atoms with Crippen LogP contribution in [0.15, 0.2) is 78.6 Å². The summed E-state index contributed by atoms with van der Waals surface area (Å²) in [6, 6.07) is 20.5. The molecule has 0 unspecified atom stereocenters. The van der Waals surface area contributed by atoms with Gasteiger partial charge in [-0.1, -0.05) is 24.3 Å². The van der Waals surface area contributed by atoms with Crippen molar-refractivity contribution in [3.05, 3.63) is 101 Å². The van der Waals surface area contributed by atoms with E-state index in [1.807, 2.05) is 59.3 Å². The van der Waals surface area contributed by atoms with Crippen molar-refractivity contribution in [2.24, 2.45) is 0 Å². The molecule has 9 nitrogen and oxygen atoms in total. The van der Waals surface area contributed by atoms with Crippen molar-refractivity contribution in [2.75, 3.05) is 26.6 Å². The summed E-state index contributed by atoms with van der Waals surface area (Å²) >= 11 is 0. The van der Waals surface area contributed by atoms with E-state index in [2.05, 4.69) is 15.4 Å². The Balaban J connectivity index is 1.58. The van der Waals surface area contributed by atoms with E-state index in [0.717, 1.165) is 33.7 Å². The first-order chi connectivity index (χ1) is 18.1. The Hall–Kier alpha value is -4.79. The van der Waals surface area contributed by atoms with Gasteiger partial charge in [-0.3, -0.25) is 0 Å². The average molecular weight is 497 g/mol. The number of methoxy groups -OCH3 is 3. The molecule has 4 aromatic rings. The van der Waals surface area contributed by atoms with Gasteiger partial charge in [0, 0.05) is 22.8 Å². The first-order valence-corrected chi connectivity index (χ1v) is 11.7. The zero-order chi connectivity index (χ0) is 25.5. The van der Waals surface area contributed by atoms with Crippen LogP contribution >= 0.6 is 0 Å². The third-order valence-corrected chi connectivity index (χ3v) is 6.69. The molecule has 2 atom stereocenters. The summed E-state index contributed by atoms with van der Waals surface area (Å²) in [7, 11) is 4.62. The van der Waals surface area contributed by atoms with Gasteiger partial charge in [0.15, 0.2) is 0 Å². The van der Waals surface area contributed by atoms with Crippen LogP contribution in [0.25, 0.3) is 5.70 Å². The summed E-state index contributed by atoms with van der Waals surface area (Å²) < 4.78 is 24.6. The van der Waals surface area contributed by atoms with Crippen molar-refractivity contribution in [2.45, 2.75) is 12.1 Å². The SMILES string of the molecule is COC(=O)c1ccc([C@@H]2Oc3ccccc3C3=C2[C@H](c2ccc(OC)cc2OC)n2ncnc2N3)cc1. The highest BCUT2D eigenvalue weighted by atomic mass is 16.5. The molecule has 37 heavy (non-hydrogen) atoms. The summed E-state index contributed by atoms with van der Waals surface area (Å²) in [5.74, 6) is 2.29. The van der Waals surface area contributed by atoms with E-state index in [-0.39, 0.29) is 0 Å². The summed E-state index contributed by atoms with van der Waals surface area (Å²) in [6.45, 7) is 0. The molecule has 0 aliphatic carbocycles. The van der Waals surface area contributed by atoms with Crippen LogP contribution in [0.5, 0.6) is 17.2 Å². The second kappa shape index (κ2) is 9.02. The van der Waals surface area contributed by atoms with E-state index in [1.54, 1.807) is 26.4 Å². The van der Waals surface area contributed by atoms with Crippen molar-refractivity contribution < 1.29 is 23.7 Å². The molecular weight excluding hydrogens is 472 g/mol. The number of para-hydroxylation sites is 1. The number of hydrogen-bond acceptors (Lipinski definition) is 8. The van der Waals surface area contributed by atoms with Crippen LogP contribution in [-0.4, -0.2) is 42.1 Å². The number of anilines is 1. The molecule has 0 radical (unpaired) electrons. The van der Waals surface area contributed by atoms with Gasteiger partial charge in [-0.25, -0.2) is 9.48 Å². The van der Waals surface area contributed by atoms with Crippen molar-refractivity contribution in [3.63, 3.8) is 0 Å². The fraction of sp³-hybridized carbons (Fsp3) is 0.179. The van der Waals surface area contributed by atoms with E-state index in [1.165, 1.54) is 13.4 Å². The van der Waals surface area contributed by atoms with Gasteiger partial charge in [0.05, 0.1) is 32.6 Å². The molecular formula is C28H24N4O5. The van der Waals surface area contributed by atoms with Gasteiger partial charge in [-0.05, 0) is 42.0 Å². The number of fused-ring (bicyclic) bond motifs is 3. The molecule has 9 heteroatoms. The van der Waals surface area contributed by atoms with Crippen molar-refractivity contribution in [3.8, 4) is 17.2 Å². The van der Waals surface area contributed by atoms with E-state index in [9.17, 15) is 4.79 Å². The highest BCUT2D eigenvalue weighted by molar-refractivity contribution is 5.89. The Kier molecular flexibility index (Phi) is 5.52. The summed E-state index contributed by atoms with van der Waals surface area (Å²) in [6.07, 6.45) is 1.04. The third kappa shape index (κ3) is 3.67. The van der Waals surface area contributed by atoms with Gasteiger partial charge < -0.3 is 24.3 Å². The monoisotopic (exact) mass is 496 g/mol. The molecule has 1 aromatic heterocycles. The highest BCUT2D eigenvalue weighted by Gasteiger charge is 2.42. The maximum atomic E-state index is 12.0. The Morgan fingerprint density at radius 2 is 1.81 bits per heavy atom. The number of rotatable bonds is 5. The molecule has 3 heterocycles. The number of hydrogen-bond donors (Lipinski definition) is 1. The average Bonchev–Trinajstić information content (AvgIpc) is 3.43. The molecule has 0 bridgehead atoms. The van der Waals surface area contributed by atoms with Gasteiger partial charge in [-0.2, -0.15) is 10.1 Å². The fourth-order valence-electron chi connectivity index (χ4n) is 4.95. The Morgan fingerprint density at radius 3 is 2.57 bits per heavy atom. The smallest absolute Gasteiger partial charge is 0.337 e. The van der Waals surface area contributed by atoms with Crippen LogP contribution in [0.2, 0.25) is 0 Å². The maximum Gasteiger partial charge on any atom is 0.337 e. The molecule has 0 saturated carbocycles. The topological polar surface area (TPSA) is 96.7 Å². The Bertz CT molecular complexity index is 1530. The number of carbonyl (C=O) groups is 1. The first-order valence-electron chi connectivity index (χ1n) is 11.7. The minimum absolute atomic E-state index is 0.395. The molecule has 0 spiro atoms. The number of esters is 1. The fourth-order valence-corrected chi connectivity index (χ4v) is 4.95. The molecule has 0 amide bonds. The number of nitrogens with one attached hydrogen (secondary N) is 1. The van der Waals surface area contributed by atoms with Crippen LogP contribution in [0.3, 0.4) is 0 Å². The minimum Gasteiger partial charge on any atom is -0.497 e. The molecule has 0 fully saturated rings. The quantitative estimate of drug-likeness (QED) is 0.399. The normalized spacial score (nSPS) is 17.5. The predicted molar refractivity (Wildman–Crippen MR) is 136 cm³/mol. The van der Waals surface area contributed by atoms with E-state index in [0.29, 0.717) is 23.0 Å². The third-order valence-electron chi connectivity index (χ3n) is 6.69. The lowest BCUT2D eigenvalue weighted by Crippen LogP contribution is -2.32. The molecule has 186 valence electrons.